The van der Waals surface area contributed by atoms with Gasteiger partial charge in [-0.3, -0.25) is 9.40 Å². The van der Waals surface area contributed by atoms with E-state index >= 15 is 0 Å². The van der Waals surface area contributed by atoms with E-state index in [9.17, 15) is 8.42 Å². The molecule has 2 aromatic heterocycles. The van der Waals surface area contributed by atoms with Crippen LogP contribution in [-0.2, 0) is 17.1 Å². The van der Waals surface area contributed by atoms with Gasteiger partial charge >= 0.3 is 0 Å². The summed E-state index contributed by atoms with van der Waals surface area (Å²) >= 11 is 0. The molecule has 0 saturated heterocycles. The van der Waals surface area contributed by atoms with E-state index in [0.717, 1.165) is 11.4 Å². The number of nitrogens with zero attached hydrogens (tertiary/aromatic N) is 4. The minimum atomic E-state index is -3.69. The lowest BCUT2D eigenvalue weighted by Crippen LogP contribution is -2.13. The van der Waals surface area contributed by atoms with E-state index in [1.165, 1.54) is 17.1 Å². The van der Waals surface area contributed by atoms with E-state index in [2.05, 4.69) is 14.9 Å². The fourth-order valence-electron chi connectivity index (χ4n) is 2.34. The molecule has 3 aromatic rings. The van der Waals surface area contributed by atoms with Crippen LogP contribution in [0.5, 0.6) is 0 Å². The molecule has 0 fully saturated rings. The topological polar surface area (TPSA) is 81.8 Å². The molecule has 0 aliphatic rings. The summed E-state index contributed by atoms with van der Waals surface area (Å²) in [6.45, 7) is 3.60. The van der Waals surface area contributed by atoms with Gasteiger partial charge in [0.1, 0.15) is 4.90 Å². The van der Waals surface area contributed by atoms with E-state index < -0.39 is 10.0 Å². The van der Waals surface area contributed by atoms with Crippen molar-refractivity contribution < 1.29 is 8.42 Å². The second-order valence-electron chi connectivity index (χ2n) is 5.25. The number of para-hydroxylation sites is 1. The average Bonchev–Trinajstić information content (AvgIpc) is 3.07. The number of rotatable bonds is 4. The van der Waals surface area contributed by atoms with Crippen molar-refractivity contribution in [2.75, 3.05) is 4.72 Å². The Kier molecular flexibility index (Phi) is 3.69. The molecule has 0 unspecified atom stereocenters. The first-order chi connectivity index (χ1) is 10.9. The summed E-state index contributed by atoms with van der Waals surface area (Å²) in [7, 11) is -2.02. The third-order valence-corrected chi connectivity index (χ3v) is 4.82. The minimum absolute atomic E-state index is 0.117. The van der Waals surface area contributed by atoms with Gasteiger partial charge in [-0.25, -0.2) is 13.1 Å². The summed E-state index contributed by atoms with van der Waals surface area (Å²) in [6.07, 6.45) is 2.77. The zero-order chi connectivity index (χ0) is 16.6. The van der Waals surface area contributed by atoms with Crippen LogP contribution in [0.1, 0.15) is 11.4 Å². The highest BCUT2D eigenvalue weighted by atomic mass is 32.2. The molecule has 1 N–H and O–H groups in total. The molecule has 0 spiro atoms. The number of benzene rings is 1. The molecule has 2 heterocycles. The van der Waals surface area contributed by atoms with Crippen LogP contribution in [0.4, 0.5) is 5.69 Å². The van der Waals surface area contributed by atoms with Gasteiger partial charge < -0.3 is 0 Å². The minimum Gasteiger partial charge on any atom is -0.276 e. The zero-order valence-electron chi connectivity index (χ0n) is 13.1. The van der Waals surface area contributed by atoms with Crippen molar-refractivity contribution >= 4 is 15.7 Å². The van der Waals surface area contributed by atoms with Crippen LogP contribution in [-0.4, -0.2) is 28.0 Å². The van der Waals surface area contributed by atoms with Gasteiger partial charge in [0.15, 0.2) is 0 Å². The summed E-state index contributed by atoms with van der Waals surface area (Å²) in [5.74, 6) is 0. The number of aromatic nitrogens is 4. The first-order valence-corrected chi connectivity index (χ1v) is 8.50. The maximum Gasteiger partial charge on any atom is 0.265 e. The molecule has 0 bridgehead atoms. The monoisotopic (exact) mass is 331 g/mol. The molecule has 3 rings (SSSR count). The smallest absolute Gasteiger partial charge is 0.265 e. The first kappa shape index (κ1) is 15.3. The normalized spacial score (nSPS) is 11.6. The van der Waals surface area contributed by atoms with Crippen LogP contribution in [0.2, 0.25) is 0 Å². The van der Waals surface area contributed by atoms with Crippen molar-refractivity contribution in [3.63, 3.8) is 0 Å². The van der Waals surface area contributed by atoms with Gasteiger partial charge in [0.25, 0.3) is 10.0 Å². The predicted molar refractivity (Wildman–Crippen MR) is 87.1 cm³/mol. The van der Waals surface area contributed by atoms with Crippen LogP contribution in [0.15, 0.2) is 47.6 Å². The number of hydrogen-bond acceptors (Lipinski definition) is 4. The number of aryl methyl sites for hydroxylation is 2. The lowest BCUT2D eigenvalue weighted by Gasteiger charge is -2.07. The maximum atomic E-state index is 12.5. The highest BCUT2D eigenvalue weighted by Gasteiger charge is 2.21. The second kappa shape index (κ2) is 5.54. The second-order valence-corrected chi connectivity index (χ2v) is 6.93. The Hall–Kier alpha value is -2.61. The van der Waals surface area contributed by atoms with Gasteiger partial charge in [0.2, 0.25) is 0 Å². The van der Waals surface area contributed by atoms with Crippen LogP contribution in [0, 0.1) is 13.8 Å². The third-order valence-electron chi connectivity index (χ3n) is 3.52. The Morgan fingerprint density at radius 1 is 1.13 bits per heavy atom. The standard InChI is InChI=1S/C15H17N5O2S/c1-11-15(18-23(21,22)14-9-16-19(3)10-14)12(2)20(17-11)13-7-5-4-6-8-13/h4-10,18H,1-3H3. The lowest BCUT2D eigenvalue weighted by molar-refractivity contribution is 0.601. The van der Waals surface area contributed by atoms with Crippen molar-refractivity contribution in [1.29, 1.82) is 0 Å². The quantitative estimate of drug-likeness (QED) is 0.793. The van der Waals surface area contributed by atoms with E-state index in [4.69, 9.17) is 0 Å². The number of nitrogens with one attached hydrogen (secondary N) is 1. The number of hydrogen-bond donors (Lipinski definition) is 1. The van der Waals surface area contributed by atoms with Crippen molar-refractivity contribution in [1.82, 2.24) is 19.6 Å². The number of anilines is 1. The first-order valence-electron chi connectivity index (χ1n) is 7.01. The Balaban J connectivity index is 2.00. The Morgan fingerprint density at radius 3 is 2.43 bits per heavy atom. The highest BCUT2D eigenvalue weighted by Crippen LogP contribution is 2.25. The molecule has 120 valence electrons. The summed E-state index contributed by atoms with van der Waals surface area (Å²) in [5.41, 5.74) is 2.69. The van der Waals surface area contributed by atoms with Crippen molar-refractivity contribution in [2.24, 2.45) is 7.05 Å². The number of sulfonamides is 1. The van der Waals surface area contributed by atoms with Crippen molar-refractivity contribution in [3.8, 4) is 5.69 Å². The van der Waals surface area contributed by atoms with Gasteiger partial charge in [-0.05, 0) is 26.0 Å². The van der Waals surface area contributed by atoms with E-state index in [1.54, 1.807) is 18.7 Å². The molecule has 0 radical (unpaired) electrons. The molecule has 8 heteroatoms. The van der Waals surface area contributed by atoms with Gasteiger partial charge in [-0.2, -0.15) is 10.2 Å². The fraction of sp³-hybridized carbons (Fsp3) is 0.200. The lowest BCUT2D eigenvalue weighted by atomic mass is 10.3. The molecule has 23 heavy (non-hydrogen) atoms. The maximum absolute atomic E-state index is 12.5. The Morgan fingerprint density at radius 2 is 1.83 bits per heavy atom. The largest absolute Gasteiger partial charge is 0.276 e. The van der Waals surface area contributed by atoms with Crippen molar-refractivity contribution in [2.45, 2.75) is 18.7 Å². The van der Waals surface area contributed by atoms with E-state index in [-0.39, 0.29) is 4.90 Å². The summed E-state index contributed by atoms with van der Waals surface area (Å²) in [5, 5.41) is 8.33. The molecule has 0 aliphatic carbocycles. The van der Waals surface area contributed by atoms with E-state index in [1.807, 2.05) is 37.3 Å². The van der Waals surface area contributed by atoms with Crippen LogP contribution < -0.4 is 4.72 Å². The highest BCUT2D eigenvalue weighted by molar-refractivity contribution is 7.92. The van der Waals surface area contributed by atoms with Gasteiger partial charge in [-0.1, -0.05) is 18.2 Å². The van der Waals surface area contributed by atoms with Gasteiger partial charge in [0, 0.05) is 13.2 Å². The molecule has 0 atom stereocenters. The fourth-order valence-corrected chi connectivity index (χ4v) is 3.50. The molecule has 1 aromatic carbocycles. The Labute approximate surface area is 134 Å². The van der Waals surface area contributed by atoms with Crippen LogP contribution >= 0.6 is 0 Å². The molecule has 0 amide bonds. The predicted octanol–water partition coefficient (Wildman–Crippen LogP) is 2.02. The van der Waals surface area contributed by atoms with Gasteiger partial charge in [-0.15, -0.1) is 0 Å². The van der Waals surface area contributed by atoms with E-state index in [0.29, 0.717) is 11.4 Å². The molecular weight excluding hydrogens is 314 g/mol. The SMILES string of the molecule is Cc1nn(-c2ccccc2)c(C)c1NS(=O)(=O)c1cnn(C)c1. The molecule has 7 nitrogen and oxygen atoms in total. The zero-order valence-corrected chi connectivity index (χ0v) is 13.9. The molecular formula is C15H17N5O2S. The Bertz CT molecular complexity index is 942. The average molecular weight is 331 g/mol. The molecule has 0 aliphatic heterocycles. The summed E-state index contributed by atoms with van der Waals surface area (Å²) in [6, 6.07) is 9.56. The van der Waals surface area contributed by atoms with Crippen molar-refractivity contribution in [3.05, 3.63) is 54.1 Å². The molecule has 0 saturated carbocycles. The van der Waals surface area contributed by atoms with Crippen LogP contribution in [0.25, 0.3) is 5.69 Å². The third kappa shape index (κ3) is 2.85. The summed E-state index contributed by atoms with van der Waals surface area (Å²) < 4.78 is 30.7. The van der Waals surface area contributed by atoms with Gasteiger partial charge in [0.05, 0.1) is 29.0 Å². The summed E-state index contributed by atoms with van der Waals surface area (Å²) in [4.78, 5) is 0.117. The van der Waals surface area contributed by atoms with Crippen LogP contribution in [0.3, 0.4) is 0 Å².